The van der Waals surface area contributed by atoms with E-state index in [0.29, 0.717) is 22.6 Å². The number of hydrogen-bond donors (Lipinski definition) is 1. The van der Waals surface area contributed by atoms with Gasteiger partial charge in [-0.15, -0.1) is 11.3 Å². The van der Waals surface area contributed by atoms with E-state index in [9.17, 15) is 18.0 Å². The molecule has 5 rings (SSSR count). The number of aromatic nitrogens is 1. The van der Waals surface area contributed by atoms with E-state index in [0.717, 1.165) is 15.9 Å². The first kappa shape index (κ1) is 27.9. The minimum absolute atomic E-state index is 0.0159. The lowest BCUT2D eigenvalue weighted by Gasteiger charge is -2.28. The quantitative estimate of drug-likeness (QED) is 0.325. The lowest BCUT2D eigenvalue weighted by atomic mass is 9.89. The van der Waals surface area contributed by atoms with Crippen molar-refractivity contribution < 1.29 is 27.4 Å². The molecule has 210 valence electrons. The number of nitrogens with two attached hydrogens (primary N) is 1. The smallest absolute Gasteiger partial charge is 0.337 e. The van der Waals surface area contributed by atoms with E-state index in [4.69, 9.17) is 19.9 Å². The molecule has 0 unspecified atom stereocenters. The molecule has 2 N–H and O–H groups in total. The van der Waals surface area contributed by atoms with Crippen LogP contribution in [0.2, 0.25) is 0 Å². The molecule has 0 aliphatic carbocycles. The molecular formula is C30H26N2O7S2. The van der Waals surface area contributed by atoms with E-state index < -0.39 is 27.3 Å². The summed E-state index contributed by atoms with van der Waals surface area (Å²) < 4.78 is 45.5. The highest BCUT2D eigenvalue weighted by Gasteiger charge is 2.42. The second-order valence-corrected chi connectivity index (χ2v) is 12.0. The third-order valence-corrected chi connectivity index (χ3v) is 9.73. The van der Waals surface area contributed by atoms with Crippen LogP contribution in [0.5, 0.6) is 11.5 Å². The van der Waals surface area contributed by atoms with Crippen LogP contribution in [0.4, 0.5) is 0 Å². The van der Waals surface area contributed by atoms with Gasteiger partial charge in [0.05, 0.1) is 42.2 Å². The normalized spacial score (nSPS) is 15.4. The predicted octanol–water partition coefficient (Wildman–Crippen LogP) is 2.44. The number of methoxy groups -OCH3 is 3. The van der Waals surface area contributed by atoms with E-state index >= 15 is 0 Å². The van der Waals surface area contributed by atoms with Crippen molar-refractivity contribution in [2.75, 3.05) is 21.3 Å². The van der Waals surface area contributed by atoms with Gasteiger partial charge in [0.15, 0.2) is 0 Å². The van der Waals surface area contributed by atoms with Gasteiger partial charge in [0.2, 0.25) is 9.84 Å². The average molecular weight is 591 g/mol. The summed E-state index contributed by atoms with van der Waals surface area (Å²) in [5, 5.41) is 0. The summed E-state index contributed by atoms with van der Waals surface area (Å²) in [5.74, 6) is -1.04. The van der Waals surface area contributed by atoms with Crippen LogP contribution in [-0.4, -0.2) is 40.3 Å². The number of allylic oxidation sites excluding steroid dienone is 1. The van der Waals surface area contributed by atoms with Crippen molar-refractivity contribution in [3.8, 4) is 11.5 Å². The molecule has 1 aliphatic heterocycles. The molecule has 11 heteroatoms. The van der Waals surface area contributed by atoms with Crippen LogP contribution in [0, 0.1) is 0 Å². The zero-order chi connectivity index (χ0) is 29.3. The Balaban J connectivity index is 1.88. The maximum atomic E-state index is 14.2. The van der Waals surface area contributed by atoms with Crippen LogP contribution in [-0.2, 0) is 19.4 Å². The lowest BCUT2D eigenvalue weighted by molar-refractivity contribution is -0.134. The molecule has 4 aromatic rings. The van der Waals surface area contributed by atoms with Gasteiger partial charge in [-0.1, -0.05) is 42.5 Å². The fourth-order valence-corrected chi connectivity index (χ4v) is 7.56. The summed E-state index contributed by atoms with van der Waals surface area (Å²) in [6.07, 6.45) is 1.65. The topological polar surface area (TPSA) is 127 Å². The zero-order valence-electron chi connectivity index (χ0n) is 22.4. The van der Waals surface area contributed by atoms with Crippen molar-refractivity contribution in [3.05, 3.63) is 114 Å². The molecule has 2 heterocycles. The molecular weight excluding hydrogens is 564 g/mol. The molecule has 0 spiro atoms. The van der Waals surface area contributed by atoms with E-state index in [1.165, 1.54) is 26.4 Å². The molecule has 0 saturated heterocycles. The third-order valence-electron chi connectivity index (χ3n) is 6.71. The maximum Gasteiger partial charge on any atom is 0.337 e. The Morgan fingerprint density at radius 2 is 1.49 bits per heavy atom. The van der Waals surface area contributed by atoms with Crippen LogP contribution in [0.3, 0.4) is 0 Å². The molecule has 0 fully saturated rings. The van der Waals surface area contributed by atoms with Crippen LogP contribution >= 0.6 is 11.3 Å². The number of carbonyl (C=O) groups is 1. The minimum Gasteiger partial charge on any atom is -0.497 e. The summed E-state index contributed by atoms with van der Waals surface area (Å²) >= 11 is 1.03. The monoisotopic (exact) mass is 590 g/mol. The first-order valence-corrected chi connectivity index (χ1v) is 14.7. The molecule has 1 atom stereocenters. The van der Waals surface area contributed by atoms with E-state index in [2.05, 4.69) is 0 Å². The molecule has 9 nitrogen and oxygen atoms in total. The van der Waals surface area contributed by atoms with Gasteiger partial charge in [-0.05, 0) is 53.6 Å². The van der Waals surface area contributed by atoms with Gasteiger partial charge < -0.3 is 19.9 Å². The zero-order valence-corrected chi connectivity index (χ0v) is 24.0. The Morgan fingerprint density at radius 1 is 0.902 bits per heavy atom. The minimum atomic E-state index is -4.30. The number of fused-ring (bicyclic) bond motifs is 1. The number of benzene rings is 3. The highest BCUT2D eigenvalue weighted by atomic mass is 32.2. The standard InChI is InChI=1S/C30H26N2O7S2/c1-37-20-13-9-18(10-14-20)17-23-28(33)32-27(31)26(41(35,36)22-7-5-4-6-8-22)24(19-11-15-21(38-2)16-12-19)25(29(32)40-23)30(34)39-3/h4-17,24H,31H2,1-3H3/b23-17-/t24-/m1/s1. The summed E-state index contributed by atoms with van der Waals surface area (Å²) in [7, 11) is -0.0343. The number of sulfone groups is 1. The van der Waals surface area contributed by atoms with Crippen molar-refractivity contribution in [2.24, 2.45) is 5.73 Å². The lowest BCUT2D eigenvalue weighted by Crippen LogP contribution is -2.41. The molecule has 1 aliphatic rings. The van der Waals surface area contributed by atoms with Crippen molar-refractivity contribution in [1.29, 1.82) is 0 Å². The average Bonchev–Trinajstić information content (AvgIpc) is 3.32. The second kappa shape index (κ2) is 11.1. The Bertz CT molecular complexity index is 1940. The largest absolute Gasteiger partial charge is 0.497 e. The van der Waals surface area contributed by atoms with Crippen molar-refractivity contribution in [2.45, 2.75) is 10.8 Å². The number of esters is 1. The molecule has 0 saturated carbocycles. The Hall–Kier alpha value is -4.61. The van der Waals surface area contributed by atoms with Crippen molar-refractivity contribution >= 4 is 44.6 Å². The van der Waals surface area contributed by atoms with Gasteiger partial charge in [0.1, 0.15) is 26.9 Å². The van der Waals surface area contributed by atoms with Gasteiger partial charge >= 0.3 is 5.97 Å². The summed E-state index contributed by atoms with van der Waals surface area (Å²) in [4.78, 5) is 26.9. The Kier molecular flexibility index (Phi) is 7.57. The van der Waals surface area contributed by atoms with Crippen LogP contribution in [0.1, 0.15) is 17.0 Å². The third kappa shape index (κ3) is 4.94. The highest BCUT2D eigenvalue weighted by molar-refractivity contribution is 7.95. The summed E-state index contributed by atoms with van der Waals surface area (Å²) in [6, 6.07) is 21.4. The van der Waals surface area contributed by atoms with Gasteiger partial charge in [-0.25, -0.2) is 13.2 Å². The fourth-order valence-electron chi connectivity index (χ4n) is 4.69. The number of carbonyl (C=O) groups excluding carboxylic acids is 1. The second-order valence-electron chi connectivity index (χ2n) is 9.01. The molecule has 1 aromatic heterocycles. The summed E-state index contributed by atoms with van der Waals surface area (Å²) in [6.45, 7) is 0. The first-order valence-electron chi connectivity index (χ1n) is 12.4. The van der Waals surface area contributed by atoms with Gasteiger partial charge in [0.25, 0.3) is 5.56 Å². The van der Waals surface area contributed by atoms with Crippen LogP contribution in [0.15, 0.2) is 93.5 Å². The highest BCUT2D eigenvalue weighted by Crippen LogP contribution is 2.42. The van der Waals surface area contributed by atoms with Gasteiger partial charge in [0, 0.05) is 0 Å². The Labute approximate surface area is 240 Å². The number of thiazole rings is 1. The van der Waals surface area contributed by atoms with E-state index in [-0.39, 0.29) is 30.4 Å². The molecule has 3 aromatic carbocycles. The van der Waals surface area contributed by atoms with Crippen LogP contribution < -0.4 is 30.0 Å². The number of hydrogen-bond acceptors (Lipinski definition) is 9. The van der Waals surface area contributed by atoms with Crippen LogP contribution in [0.25, 0.3) is 17.5 Å². The molecule has 41 heavy (non-hydrogen) atoms. The van der Waals surface area contributed by atoms with Crippen molar-refractivity contribution in [1.82, 2.24) is 4.57 Å². The fraction of sp³-hybridized carbons (Fsp3) is 0.133. The predicted molar refractivity (Wildman–Crippen MR) is 157 cm³/mol. The van der Waals surface area contributed by atoms with Gasteiger partial charge in [-0.3, -0.25) is 9.36 Å². The first-order chi connectivity index (χ1) is 19.7. The molecule has 0 bridgehead atoms. The van der Waals surface area contributed by atoms with E-state index in [1.54, 1.807) is 79.9 Å². The van der Waals surface area contributed by atoms with Crippen molar-refractivity contribution in [3.63, 3.8) is 0 Å². The SMILES string of the molecule is COC(=O)C1=c2s/c(=C\c3ccc(OC)cc3)c(=O)n2C(N)=C(S(=O)(=O)c2ccccc2)[C@@H]1c1ccc(OC)cc1. The number of rotatable bonds is 7. The maximum absolute atomic E-state index is 14.2. The van der Waals surface area contributed by atoms with E-state index in [1.807, 2.05) is 0 Å². The summed E-state index contributed by atoms with van der Waals surface area (Å²) in [5.41, 5.74) is 7.18. The number of ether oxygens (including phenoxy) is 3. The molecule has 0 radical (unpaired) electrons. The molecule has 0 amide bonds. The van der Waals surface area contributed by atoms with Gasteiger partial charge in [-0.2, -0.15) is 0 Å². The number of nitrogens with zero attached hydrogens (tertiary/aromatic N) is 1. The Morgan fingerprint density at radius 3 is 2.05 bits per heavy atom.